The Bertz CT molecular complexity index is 1170. The van der Waals surface area contributed by atoms with Crippen molar-refractivity contribution in [2.75, 3.05) is 20.2 Å². The minimum Gasteiger partial charge on any atom is -0.466 e. The number of aliphatic hydroxyl groups is 3. The van der Waals surface area contributed by atoms with Crippen LogP contribution in [0.3, 0.4) is 0 Å². The molecule has 1 aromatic carbocycles. The molecule has 11 unspecified atom stereocenters. The van der Waals surface area contributed by atoms with E-state index in [4.69, 9.17) is 40.9 Å². The number of nitro groups is 1. The fraction of sp³-hybridized carbons (Fsp3) is 0.667. The molecule has 11 N–H and O–H groups in total. The first kappa shape index (κ1) is 33.9. The van der Waals surface area contributed by atoms with E-state index in [0.717, 1.165) is 0 Å². The lowest BCUT2D eigenvalue weighted by Gasteiger charge is -2.48. The lowest BCUT2D eigenvalue weighted by molar-refractivity contribution is -0.384. The Hall–Kier alpha value is -2.97. The molecule has 11 atom stereocenters. The maximum atomic E-state index is 12.2. The summed E-state index contributed by atoms with van der Waals surface area (Å²) in [4.78, 5) is 22.5. The van der Waals surface area contributed by atoms with Gasteiger partial charge in [-0.2, -0.15) is 0 Å². The van der Waals surface area contributed by atoms with Gasteiger partial charge in [0.25, 0.3) is 5.69 Å². The van der Waals surface area contributed by atoms with E-state index in [9.17, 15) is 30.2 Å². The predicted molar refractivity (Wildman–Crippen MR) is 152 cm³/mol. The maximum Gasteiger partial charge on any atom is 0.407 e. The van der Waals surface area contributed by atoms with Crippen molar-refractivity contribution in [2.45, 2.75) is 93.1 Å². The van der Waals surface area contributed by atoms with Gasteiger partial charge in [0.2, 0.25) is 6.29 Å². The number of amides is 1. The Morgan fingerprint density at radius 1 is 1.09 bits per heavy atom. The molecule has 2 heterocycles. The SMILES string of the molecule is CNC1C(O)C(OC2C(N)CC(N)C(OC3OC(CNC(=O)OCc4ccc([N+](=O)[O-])cc4)=CCC3N)C2O)OCC1(C)O. The molecule has 3 aliphatic rings. The Morgan fingerprint density at radius 2 is 1.73 bits per heavy atom. The number of benzene rings is 1. The van der Waals surface area contributed by atoms with Crippen LogP contribution in [0.4, 0.5) is 10.5 Å². The molecule has 2 aliphatic heterocycles. The number of carbonyl (C=O) groups is 1. The number of aliphatic hydroxyl groups excluding tert-OH is 2. The molecule has 44 heavy (non-hydrogen) atoms. The summed E-state index contributed by atoms with van der Waals surface area (Å²) in [7, 11) is 1.59. The van der Waals surface area contributed by atoms with Crippen LogP contribution in [0, 0.1) is 10.1 Å². The lowest BCUT2D eigenvalue weighted by atomic mass is 9.84. The first-order valence-corrected chi connectivity index (χ1v) is 14.3. The first-order valence-electron chi connectivity index (χ1n) is 14.3. The van der Waals surface area contributed by atoms with Gasteiger partial charge in [-0.05, 0) is 50.6 Å². The van der Waals surface area contributed by atoms with Gasteiger partial charge < -0.3 is 66.8 Å². The van der Waals surface area contributed by atoms with Gasteiger partial charge in [0.05, 0.1) is 30.2 Å². The normalized spacial score (nSPS) is 37.4. The van der Waals surface area contributed by atoms with Gasteiger partial charge in [-0.15, -0.1) is 0 Å². The molecular formula is C27H42N6O11. The Labute approximate surface area is 253 Å². The van der Waals surface area contributed by atoms with Gasteiger partial charge in [0.15, 0.2) is 6.29 Å². The van der Waals surface area contributed by atoms with Crippen LogP contribution < -0.4 is 27.8 Å². The number of ether oxygens (including phenoxy) is 5. The summed E-state index contributed by atoms with van der Waals surface area (Å²) in [6, 6.07) is 2.80. The highest BCUT2D eigenvalue weighted by Gasteiger charge is 2.50. The first-order chi connectivity index (χ1) is 20.8. The van der Waals surface area contributed by atoms with E-state index < -0.39 is 77.8 Å². The molecule has 246 valence electrons. The van der Waals surface area contributed by atoms with Crippen molar-refractivity contribution >= 4 is 11.8 Å². The summed E-state index contributed by atoms with van der Waals surface area (Å²) < 4.78 is 28.6. The van der Waals surface area contributed by atoms with E-state index in [1.54, 1.807) is 13.1 Å². The van der Waals surface area contributed by atoms with Crippen LogP contribution in [0.15, 0.2) is 36.1 Å². The van der Waals surface area contributed by atoms with Gasteiger partial charge in [-0.25, -0.2) is 4.79 Å². The van der Waals surface area contributed by atoms with E-state index in [0.29, 0.717) is 17.7 Å². The molecule has 0 aromatic heterocycles. The highest BCUT2D eigenvalue weighted by atomic mass is 16.7. The topological polar surface area (TPSA) is 269 Å². The van der Waals surface area contributed by atoms with Crippen molar-refractivity contribution < 1.29 is 48.7 Å². The second-order valence-electron chi connectivity index (χ2n) is 11.5. The second kappa shape index (κ2) is 14.4. The summed E-state index contributed by atoms with van der Waals surface area (Å²) in [5.74, 6) is 0.344. The molecule has 1 amide bonds. The smallest absolute Gasteiger partial charge is 0.407 e. The van der Waals surface area contributed by atoms with Gasteiger partial charge in [0.1, 0.15) is 42.4 Å². The average Bonchev–Trinajstić information content (AvgIpc) is 2.97. The van der Waals surface area contributed by atoms with E-state index in [2.05, 4.69) is 10.6 Å². The molecular weight excluding hydrogens is 584 g/mol. The number of alkyl carbamates (subject to hydrolysis) is 1. The van der Waals surface area contributed by atoms with Crippen molar-refractivity contribution in [1.82, 2.24) is 10.6 Å². The summed E-state index contributed by atoms with van der Waals surface area (Å²) in [5.41, 5.74) is 17.9. The van der Waals surface area contributed by atoms with E-state index in [-0.39, 0.29) is 31.9 Å². The quantitative estimate of drug-likeness (QED) is 0.103. The third-order valence-corrected chi connectivity index (χ3v) is 7.94. The Balaban J connectivity index is 1.30. The lowest BCUT2D eigenvalue weighted by Crippen LogP contribution is -2.68. The number of nitrogens with one attached hydrogen (secondary N) is 2. The molecule has 1 saturated heterocycles. The fourth-order valence-electron chi connectivity index (χ4n) is 5.49. The fourth-order valence-corrected chi connectivity index (χ4v) is 5.49. The van der Waals surface area contributed by atoms with E-state index in [1.165, 1.54) is 31.2 Å². The highest BCUT2D eigenvalue weighted by molar-refractivity contribution is 5.67. The van der Waals surface area contributed by atoms with Crippen LogP contribution >= 0.6 is 0 Å². The molecule has 1 aliphatic carbocycles. The third-order valence-electron chi connectivity index (χ3n) is 7.94. The predicted octanol–water partition coefficient (Wildman–Crippen LogP) is -1.98. The number of hydrogen-bond acceptors (Lipinski definition) is 15. The zero-order valence-electron chi connectivity index (χ0n) is 24.5. The van der Waals surface area contributed by atoms with Gasteiger partial charge in [-0.1, -0.05) is 0 Å². The number of hydrogen-bond donors (Lipinski definition) is 8. The molecule has 0 spiro atoms. The van der Waals surface area contributed by atoms with Crippen molar-refractivity contribution in [3.63, 3.8) is 0 Å². The molecule has 4 rings (SSSR count). The second-order valence-corrected chi connectivity index (χ2v) is 11.5. The Morgan fingerprint density at radius 3 is 2.34 bits per heavy atom. The van der Waals surface area contributed by atoms with Crippen LogP contribution in [-0.4, -0.2) is 113 Å². The number of carbonyl (C=O) groups excluding carboxylic acids is 1. The molecule has 0 radical (unpaired) electrons. The molecule has 17 nitrogen and oxygen atoms in total. The number of non-ortho nitro benzene ring substituents is 1. The van der Waals surface area contributed by atoms with Gasteiger partial charge in [0, 0.05) is 24.2 Å². The van der Waals surface area contributed by atoms with Crippen molar-refractivity contribution in [2.24, 2.45) is 17.2 Å². The van der Waals surface area contributed by atoms with Crippen LogP contribution in [0.2, 0.25) is 0 Å². The minimum atomic E-state index is -1.35. The largest absolute Gasteiger partial charge is 0.466 e. The molecule has 2 fully saturated rings. The standard InChI is InChI=1S/C27H42N6O11/c1-27(37)12-41-25(20(35)23(27)31-2)44-22-18(30)9-17(29)21(19(22)34)43-24-16(28)8-7-15(42-24)10-32-26(36)40-11-13-3-5-14(6-4-13)33(38)39/h3-7,16-25,31,34-35,37H,8-12,28-30H2,1-2H3,(H,32,36). The van der Waals surface area contributed by atoms with Gasteiger partial charge in [-0.3, -0.25) is 10.1 Å². The Kier molecular flexibility index (Phi) is 11.1. The number of likely N-dealkylation sites (N-methyl/N-ethyl adjacent to an activating group) is 1. The van der Waals surface area contributed by atoms with Crippen molar-refractivity contribution in [1.29, 1.82) is 0 Å². The van der Waals surface area contributed by atoms with Crippen molar-refractivity contribution in [3.8, 4) is 0 Å². The number of nitro benzene ring substituents is 1. The zero-order valence-corrected chi connectivity index (χ0v) is 24.5. The zero-order chi connectivity index (χ0) is 32.2. The summed E-state index contributed by atoms with van der Waals surface area (Å²) in [5, 5.41) is 48.7. The van der Waals surface area contributed by atoms with Crippen LogP contribution in [0.1, 0.15) is 25.3 Å². The summed E-state index contributed by atoms with van der Waals surface area (Å²) >= 11 is 0. The summed E-state index contributed by atoms with van der Waals surface area (Å²) in [6.45, 7) is 1.25. The van der Waals surface area contributed by atoms with Crippen molar-refractivity contribution in [3.05, 3.63) is 51.8 Å². The molecule has 1 aromatic rings. The highest BCUT2D eigenvalue weighted by Crippen LogP contribution is 2.31. The minimum absolute atomic E-state index is 0.0468. The summed E-state index contributed by atoms with van der Waals surface area (Å²) in [6.07, 6.45) is -5.41. The monoisotopic (exact) mass is 626 g/mol. The molecule has 17 heteroatoms. The number of nitrogens with zero attached hydrogens (tertiary/aromatic N) is 1. The van der Waals surface area contributed by atoms with E-state index in [1.807, 2.05) is 0 Å². The third kappa shape index (κ3) is 7.99. The van der Waals surface area contributed by atoms with E-state index >= 15 is 0 Å². The van der Waals surface area contributed by atoms with Crippen LogP contribution in [-0.2, 0) is 30.3 Å². The number of rotatable bonds is 10. The van der Waals surface area contributed by atoms with Crippen LogP contribution in [0.5, 0.6) is 0 Å². The maximum absolute atomic E-state index is 12.2. The van der Waals surface area contributed by atoms with Crippen LogP contribution in [0.25, 0.3) is 0 Å². The van der Waals surface area contributed by atoms with Gasteiger partial charge >= 0.3 is 6.09 Å². The molecule has 1 saturated carbocycles. The number of nitrogens with two attached hydrogens (primary N) is 3. The molecule has 0 bridgehead atoms. The average molecular weight is 627 g/mol.